The molecule has 0 aliphatic carbocycles. The van der Waals surface area contributed by atoms with Crippen LogP contribution in [0.1, 0.15) is 20.8 Å². The van der Waals surface area contributed by atoms with Crippen LogP contribution in [0.15, 0.2) is 12.7 Å². The van der Waals surface area contributed by atoms with Gasteiger partial charge in [-0.3, -0.25) is 10.1 Å². The van der Waals surface area contributed by atoms with E-state index in [0.717, 1.165) is 0 Å². The summed E-state index contributed by atoms with van der Waals surface area (Å²) in [6, 6.07) is -0.965. The molecule has 0 aromatic carbocycles. The molecule has 0 aromatic heterocycles. The molecule has 3 N–H and O–H groups in total. The van der Waals surface area contributed by atoms with E-state index in [1.54, 1.807) is 19.9 Å². The van der Waals surface area contributed by atoms with Crippen LogP contribution in [0.5, 0.6) is 0 Å². The summed E-state index contributed by atoms with van der Waals surface area (Å²) in [6.07, 6.45) is 0.669. The van der Waals surface area contributed by atoms with Crippen molar-refractivity contribution in [1.29, 1.82) is 0 Å². The lowest BCUT2D eigenvalue weighted by Crippen LogP contribution is -2.53. The molecule has 0 saturated carbocycles. The molecule has 0 aliphatic heterocycles. The number of rotatable bonds is 5. The quantitative estimate of drug-likeness (QED) is 0.544. The summed E-state index contributed by atoms with van der Waals surface area (Å²) in [5.74, 6) is -1.06. The summed E-state index contributed by atoms with van der Waals surface area (Å²) in [5, 5.41) is 20.7. The van der Waals surface area contributed by atoms with Crippen LogP contribution in [-0.2, 0) is 4.79 Å². The second kappa shape index (κ2) is 4.39. The number of carboxylic acids is 1. The lowest BCUT2D eigenvalue weighted by molar-refractivity contribution is -0.142. The van der Waals surface area contributed by atoms with Crippen molar-refractivity contribution in [3.05, 3.63) is 12.7 Å². The van der Waals surface area contributed by atoms with Crippen molar-refractivity contribution in [3.8, 4) is 0 Å². The minimum Gasteiger partial charge on any atom is -0.480 e. The van der Waals surface area contributed by atoms with E-state index in [1.165, 1.54) is 6.92 Å². The van der Waals surface area contributed by atoms with E-state index in [4.69, 9.17) is 10.2 Å². The standard InChI is InChI=1S/C9H17NO3/c1-5-9(3,4)10-7(6(2)11)8(12)13/h5-7,10-11H,1H2,2-4H3,(H,12,13). The van der Waals surface area contributed by atoms with Gasteiger partial charge < -0.3 is 10.2 Å². The number of carboxylic acid groups (broad SMARTS) is 1. The van der Waals surface area contributed by atoms with Crippen LogP contribution in [-0.4, -0.2) is 33.9 Å². The van der Waals surface area contributed by atoms with E-state index in [0.29, 0.717) is 0 Å². The van der Waals surface area contributed by atoms with Crippen LogP contribution < -0.4 is 5.32 Å². The van der Waals surface area contributed by atoms with Crippen molar-refractivity contribution in [2.24, 2.45) is 0 Å². The average Bonchev–Trinajstić information content (AvgIpc) is 1.99. The third-order valence-corrected chi connectivity index (χ3v) is 1.79. The van der Waals surface area contributed by atoms with E-state index in [2.05, 4.69) is 11.9 Å². The Morgan fingerprint density at radius 2 is 2.08 bits per heavy atom. The highest BCUT2D eigenvalue weighted by Gasteiger charge is 2.27. The van der Waals surface area contributed by atoms with Gasteiger partial charge in [-0.1, -0.05) is 6.08 Å². The van der Waals surface area contributed by atoms with Gasteiger partial charge in [0.25, 0.3) is 0 Å². The Kier molecular flexibility index (Phi) is 4.10. The number of hydrogen-bond donors (Lipinski definition) is 3. The summed E-state index contributed by atoms with van der Waals surface area (Å²) in [7, 11) is 0. The minimum absolute atomic E-state index is 0.500. The molecule has 0 heterocycles. The second-order valence-electron chi connectivity index (χ2n) is 3.63. The lowest BCUT2D eigenvalue weighted by atomic mass is 10.0. The molecule has 2 atom stereocenters. The molecule has 0 fully saturated rings. The SMILES string of the molecule is C=CC(C)(C)NC(C(=O)O)C(C)O. The highest BCUT2D eigenvalue weighted by Crippen LogP contribution is 2.06. The second-order valence-corrected chi connectivity index (χ2v) is 3.63. The van der Waals surface area contributed by atoms with E-state index in [9.17, 15) is 4.79 Å². The first-order valence-electron chi connectivity index (χ1n) is 4.12. The first-order chi connectivity index (χ1) is 5.80. The highest BCUT2D eigenvalue weighted by atomic mass is 16.4. The predicted octanol–water partition coefficient (Wildman–Crippen LogP) is 0.375. The first-order valence-corrected chi connectivity index (χ1v) is 4.12. The van der Waals surface area contributed by atoms with Crippen LogP contribution in [0.3, 0.4) is 0 Å². The molecule has 0 amide bonds. The monoisotopic (exact) mass is 187 g/mol. The molecule has 4 nitrogen and oxygen atoms in total. The molecule has 0 bridgehead atoms. The van der Waals surface area contributed by atoms with Gasteiger partial charge in [0, 0.05) is 5.54 Å². The van der Waals surface area contributed by atoms with Crippen molar-refractivity contribution in [2.75, 3.05) is 0 Å². The van der Waals surface area contributed by atoms with Gasteiger partial charge in [-0.2, -0.15) is 0 Å². The lowest BCUT2D eigenvalue weighted by Gasteiger charge is -2.28. The summed E-state index contributed by atoms with van der Waals surface area (Å²) in [6.45, 7) is 8.58. The van der Waals surface area contributed by atoms with Crippen molar-refractivity contribution in [3.63, 3.8) is 0 Å². The largest absolute Gasteiger partial charge is 0.480 e. The van der Waals surface area contributed by atoms with E-state index < -0.39 is 23.7 Å². The Bertz CT molecular complexity index is 199. The fourth-order valence-corrected chi connectivity index (χ4v) is 0.848. The number of aliphatic hydroxyl groups is 1. The molecule has 0 aliphatic rings. The predicted molar refractivity (Wildman–Crippen MR) is 50.5 cm³/mol. The topological polar surface area (TPSA) is 69.6 Å². The Labute approximate surface area is 78.3 Å². The normalized spacial score (nSPS) is 16.3. The van der Waals surface area contributed by atoms with Gasteiger partial charge >= 0.3 is 5.97 Å². The van der Waals surface area contributed by atoms with Crippen LogP contribution in [0, 0.1) is 0 Å². The van der Waals surface area contributed by atoms with Crippen LogP contribution in [0.2, 0.25) is 0 Å². The summed E-state index contributed by atoms with van der Waals surface area (Å²) in [5.41, 5.74) is -0.500. The molecule has 0 rings (SSSR count). The van der Waals surface area contributed by atoms with Gasteiger partial charge in [0.15, 0.2) is 0 Å². The Hall–Kier alpha value is -0.870. The molecule has 4 heteroatoms. The van der Waals surface area contributed by atoms with Crippen LogP contribution in [0.25, 0.3) is 0 Å². The highest BCUT2D eigenvalue weighted by molar-refractivity contribution is 5.74. The molecule has 76 valence electrons. The minimum atomic E-state index is -1.06. The molecular formula is C9H17NO3. The maximum atomic E-state index is 10.7. The first kappa shape index (κ1) is 12.1. The average molecular weight is 187 g/mol. The van der Waals surface area contributed by atoms with Crippen molar-refractivity contribution in [1.82, 2.24) is 5.32 Å². The maximum Gasteiger partial charge on any atom is 0.323 e. The Balaban J connectivity index is 4.43. The number of carbonyl (C=O) groups is 1. The molecule has 0 radical (unpaired) electrons. The zero-order valence-corrected chi connectivity index (χ0v) is 8.24. The van der Waals surface area contributed by atoms with Gasteiger partial charge in [-0.15, -0.1) is 6.58 Å². The number of aliphatic hydroxyl groups excluding tert-OH is 1. The van der Waals surface area contributed by atoms with E-state index in [-0.39, 0.29) is 0 Å². The molecular weight excluding hydrogens is 170 g/mol. The molecule has 0 spiro atoms. The number of nitrogens with one attached hydrogen (secondary N) is 1. The van der Waals surface area contributed by atoms with Crippen LogP contribution >= 0.6 is 0 Å². The summed E-state index contributed by atoms with van der Waals surface area (Å²) < 4.78 is 0. The van der Waals surface area contributed by atoms with Crippen LogP contribution in [0.4, 0.5) is 0 Å². The molecule has 2 unspecified atom stereocenters. The third kappa shape index (κ3) is 4.05. The Morgan fingerprint density at radius 3 is 2.31 bits per heavy atom. The summed E-state index contributed by atoms with van der Waals surface area (Å²) >= 11 is 0. The zero-order chi connectivity index (χ0) is 10.6. The summed E-state index contributed by atoms with van der Waals surface area (Å²) in [4.78, 5) is 10.7. The fourth-order valence-electron chi connectivity index (χ4n) is 0.848. The number of aliphatic carboxylic acids is 1. The fraction of sp³-hybridized carbons (Fsp3) is 0.667. The maximum absolute atomic E-state index is 10.7. The third-order valence-electron chi connectivity index (χ3n) is 1.79. The van der Waals surface area contributed by atoms with E-state index in [1.807, 2.05) is 0 Å². The number of hydrogen-bond acceptors (Lipinski definition) is 3. The molecule has 0 aromatic rings. The Morgan fingerprint density at radius 1 is 1.62 bits per heavy atom. The van der Waals surface area contributed by atoms with Gasteiger partial charge in [0.2, 0.25) is 0 Å². The van der Waals surface area contributed by atoms with Gasteiger partial charge in [-0.05, 0) is 20.8 Å². The molecule has 13 heavy (non-hydrogen) atoms. The van der Waals surface area contributed by atoms with Crippen molar-refractivity contribution in [2.45, 2.75) is 38.5 Å². The molecule has 0 saturated heterocycles. The van der Waals surface area contributed by atoms with Crippen molar-refractivity contribution >= 4 is 5.97 Å². The smallest absolute Gasteiger partial charge is 0.323 e. The van der Waals surface area contributed by atoms with Gasteiger partial charge in [0.05, 0.1) is 6.10 Å². The van der Waals surface area contributed by atoms with Gasteiger partial charge in [-0.25, -0.2) is 0 Å². The zero-order valence-electron chi connectivity index (χ0n) is 8.24. The van der Waals surface area contributed by atoms with Gasteiger partial charge in [0.1, 0.15) is 6.04 Å². The van der Waals surface area contributed by atoms with Crippen molar-refractivity contribution < 1.29 is 15.0 Å². The van der Waals surface area contributed by atoms with E-state index >= 15 is 0 Å².